The van der Waals surface area contributed by atoms with E-state index in [9.17, 15) is 4.79 Å². The number of hydrazine groups is 1. The lowest BCUT2D eigenvalue weighted by Gasteiger charge is -2.48. The van der Waals surface area contributed by atoms with Gasteiger partial charge in [-0.2, -0.15) is 5.01 Å². The van der Waals surface area contributed by atoms with Crippen molar-refractivity contribution in [1.82, 2.24) is 15.4 Å². The Hall–Kier alpha value is -5.13. The lowest BCUT2D eigenvalue weighted by atomic mass is 9.75. The average molecular weight is 594 g/mol. The zero-order valence-corrected chi connectivity index (χ0v) is 25.8. The summed E-state index contributed by atoms with van der Waals surface area (Å²) >= 11 is 0. The Labute approximate surface area is 265 Å². The summed E-state index contributed by atoms with van der Waals surface area (Å²) in [4.78, 5) is 17.5. The van der Waals surface area contributed by atoms with E-state index in [2.05, 4.69) is 120 Å². The van der Waals surface area contributed by atoms with Gasteiger partial charge in [0.05, 0.1) is 7.11 Å². The fourth-order valence-electron chi connectivity index (χ4n) is 6.54. The van der Waals surface area contributed by atoms with E-state index in [1.54, 1.807) is 7.11 Å². The Morgan fingerprint density at radius 2 is 1.27 bits per heavy atom. The summed E-state index contributed by atoms with van der Waals surface area (Å²) in [5.41, 5.74) is 9.16. The van der Waals surface area contributed by atoms with Crippen LogP contribution in [0.5, 0.6) is 5.75 Å². The Morgan fingerprint density at radius 1 is 0.733 bits per heavy atom. The number of nitrogens with zero attached hydrogens (tertiary/aromatic N) is 1. The number of ether oxygens (including phenoxy) is 1. The molecule has 0 aliphatic rings. The van der Waals surface area contributed by atoms with Crippen molar-refractivity contribution in [3.63, 3.8) is 0 Å². The van der Waals surface area contributed by atoms with Gasteiger partial charge in [0, 0.05) is 29.6 Å². The van der Waals surface area contributed by atoms with Crippen LogP contribution in [0.3, 0.4) is 0 Å². The summed E-state index contributed by atoms with van der Waals surface area (Å²) in [5.74, 6) is 0.737. The number of benzene rings is 5. The molecule has 1 aromatic heterocycles. The Morgan fingerprint density at radius 3 is 1.87 bits per heavy atom. The van der Waals surface area contributed by atoms with Crippen molar-refractivity contribution in [3.8, 4) is 5.75 Å². The van der Waals surface area contributed by atoms with Crippen molar-refractivity contribution < 1.29 is 9.53 Å². The molecule has 5 heteroatoms. The fourth-order valence-corrected chi connectivity index (χ4v) is 6.54. The molecule has 0 aliphatic carbocycles. The number of carbonyl (C=O) groups excluding carboxylic acids is 1. The maximum atomic E-state index is 14.1. The highest BCUT2D eigenvalue weighted by atomic mass is 16.5. The molecule has 6 aromatic rings. The summed E-state index contributed by atoms with van der Waals surface area (Å²) in [5, 5.41) is 3.39. The molecule has 0 spiro atoms. The van der Waals surface area contributed by atoms with Gasteiger partial charge in [0.15, 0.2) is 0 Å². The van der Waals surface area contributed by atoms with Gasteiger partial charge in [-0.05, 0) is 59.7 Å². The number of amides is 1. The molecule has 0 fully saturated rings. The van der Waals surface area contributed by atoms with Crippen LogP contribution in [0, 0.1) is 0 Å². The second-order valence-corrected chi connectivity index (χ2v) is 11.4. The van der Waals surface area contributed by atoms with Gasteiger partial charge in [0.2, 0.25) is 5.91 Å². The van der Waals surface area contributed by atoms with Gasteiger partial charge in [-0.25, -0.2) is 0 Å². The van der Waals surface area contributed by atoms with Gasteiger partial charge in [-0.3, -0.25) is 10.2 Å². The zero-order chi connectivity index (χ0) is 31.1. The van der Waals surface area contributed by atoms with Crippen LogP contribution in [0.25, 0.3) is 10.9 Å². The predicted octanol–water partition coefficient (Wildman–Crippen LogP) is 8.07. The first-order chi connectivity index (χ1) is 22.1. The van der Waals surface area contributed by atoms with E-state index in [-0.39, 0.29) is 11.9 Å². The normalized spacial score (nSPS) is 12.2. The number of fused-ring (bicyclic) bond motifs is 1. The maximum absolute atomic E-state index is 14.1. The molecule has 0 saturated heterocycles. The van der Waals surface area contributed by atoms with E-state index >= 15 is 0 Å². The number of hydrogen-bond acceptors (Lipinski definition) is 3. The number of aromatic nitrogens is 1. The summed E-state index contributed by atoms with van der Waals surface area (Å²) in [6.45, 7) is 2.20. The lowest BCUT2D eigenvalue weighted by molar-refractivity contribution is -0.129. The van der Waals surface area contributed by atoms with E-state index in [1.165, 1.54) is 10.9 Å². The number of aromatic amines is 1. The number of aryl methyl sites for hydroxylation is 1. The molecule has 226 valence electrons. The van der Waals surface area contributed by atoms with Crippen LogP contribution in [0.1, 0.15) is 41.2 Å². The van der Waals surface area contributed by atoms with Crippen molar-refractivity contribution in [2.45, 2.75) is 37.8 Å². The minimum Gasteiger partial charge on any atom is -0.496 e. The maximum Gasteiger partial charge on any atom is 0.234 e. The van der Waals surface area contributed by atoms with Crippen molar-refractivity contribution in [1.29, 1.82) is 0 Å². The number of rotatable bonds is 12. The highest BCUT2D eigenvalue weighted by molar-refractivity contribution is 5.83. The first-order valence-corrected chi connectivity index (χ1v) is 15.5. The third-order valence-corrected chi connectivity index (χ3v) is 8.63. The number of nitrogens with one attached hydrogen (secondary N) is 2. The minimum absolute atomic E-state index is 0.0566. The van der Waals surface area contributed by atoms with Crippen LogP contribution >= 0.6 is 0 Å². The molecule has 1 atom stereocenters. The molecular formula is C40H39N3O2. The standard InChI is InChI=1S/C40H39N3O2/c1-30(28-32-29-41-37-24-14-13-23-36(32)37)43(42-39(44)27-26-31-16-12-15-25-38(31)45-2)40(33-17-6-3-7-18-33,34-19-8-4-9-20-34)35-21-10-5-11-22-35/h3-25,29-30,41H,26-28H2,1-2H3,(H,42,44)/t30-/m1/s1. The topological polar surface area (TPSA) is 57.4 Å². The van der Waals surface area contributed by atoms with E-state index in [1.807, 2.05) is 48.5 Å². The molecule has 45 heavy (non-hydrogen) atoms. The summed E-state index contributed by atoms with van der Waals surface area (Å²) in [6.07, 6.45) is 3.68. The largest absolute Gasteiger partial charge is 0.496 e. The molecule has 6 rings (SSSR count). The van der Waals surface area contributed by atoms with Crippen molar-refractivity contribution in [3.05, 3.63) is 174 Å². The summed E-state index contributed by atoms with van der Waals surface area (Å²) in [6, 6.07) is 47.7. The second kappa shape index (κ2) is 13.7. The van der Waals surface area contributed by atoms with Gasteiger partial charge in [-0.15, -0.1) is 0 Å². The SMILES string of the molecule is COc1ccccc1CCC(=O)NN([C@H](C)Cc1c[nH]c2ccccc12)C(c1ccccc1)(c1ccccc1)c1ccccc1. The zero-order valence-electron chi connectivity index (χ0n) is 25.8. The highest BCUT2D eigenvalue weighted by Crippen LogP contribution is 2.43. The van der Waals surface area contributed by atoms with Crippen molar-refractivity contribution in [2.24, 2.45) is 0 Å². The Balaban J connectivity index is 1.48. The lowest BCUT2D eigenvalue weighted by Crippen LogP contribution is -2.60. The van der Waals surface area contributed by atoms with Crippen LogP contribution in [0.4, 0.5) is 0 Å². The molecule has 1 amide bonds. The van der Waals surface area contributed by atoms with E-state index in [0.29, 0.717) is 19.3 Å². The summed E-state index contributed by atoms with van der Waals surface area (Å²) < 4.78 is 5.57. The number of hydrogen-bond donors (Lipinski definition) is 2. The Bertz CT molecular complexity index is 1740. The number of carbonyl (C=O) groups is 1. The number of para-hydroxylation sites is 2. The van der Waals surface area contributed by atoms with E-state index < -0.39 is 5.54 Å². The molecule has 0 aliphatic heterocycles. The highest BCUT2D eigenvalue weighted by Gasteiger charge is 2.45. The average Bonchev–Trinajstić information content (AvgIpc) is 3.51. The van der Waals surface area contributed by atoms with Crippen LogP contribution < -0.4 is 10.2 Å². The van der Waals surface area contributed by atoms with Crippen LogP contribution in [-0.4, -0.2) is 29.1 Å². The molecule has 5 nitrogen and oxygen atoms in total. The smallest absolute Gasteiger partial charge is 0.234 e. The second-order valence-electron chi connectivity index (χ2n) is 11.4. The molecule has 2 N–H and O–H groups in total. The first kappa shape index (κ1) is 29.9. The quantitative estimate of drug-likeness (QED) is 0.111. The van der Waals surface area contributed by atoms with Gasteiger partial charge >= 0.3 is 0 Å². The van der Waals surface area contributed by atoms with Gasteiger partial charge in [-0.1, -0.05) is 127 Å². The van der Waals surface area contributed by atoms with Crippen molar-refractivity contribution in [2.75, 3.05) is 7.11 Å². The monoisotopic (exact) mass is 593 g/mol. The molecule has 5 aromatic carbocycles. The van der Waals surface area contributed by atoms with Crippen LogP contribution in [-0.2, 0) is 23.2 Å². The third-order valence-electron chi connectivity index (χ3n) is 8.63. The van der Waals surface area contributed by atoms with Gasteiger partial charge in [0.25, 0.3) is 0 Å². The Kier molecular flexibility index (Phi) is 9.09. The summed E-state index contributed by atoms with van der Waals surface area (Å²) in [7, 11) is 1.67. The van der Waals surface area contributed by atoms with Gasteiger partial charge in [0.1, 0.15) is 11.3 Å². The third kappa shape index (κ3) is 6.13. The molecule has 0 radical (unpaired) electrons. The van der Waals surface area contributed by atoms with E-state index in [4.69, 9.17) is 4.74 Å². The molecule has 0 bridgehead atoms. The van der Waals surface area contributed by atoms with Gasteiger partial charge < -0.3 is 9.72 Å². The van der Waals surface area contributed by atoms with E-state index in [0.717, 1.165) is 33.5 Å². The molecule has 0 saturated carbocycles. The molecular weight excluding hydrogens is 554 g/mol. The minimum atomic E-state index is -0.824. The number of methoxy groups -OCH3 is 1. The molecule has 1 heterocycles. The number of H-pyrrole nitrogens is 1. The van der Waals surface area contributed by atoms with Crippen LogP contribution in [0.2, 0.25) is 0 Å². The fraction of sp³-hybridized carbons (Fsp3) is 0.175. The first-order valence-electron chi connectivity index (χ1n) is 15.5. The van der Waals surface area contributed by atoms with Crippen LogP contribution in [0.15, 0.2) is 146 Å². The van der Waals surface area contributed by atoms with Crippen molar-refractivity contribution >= 4 is 16.8 Å². The predicted molar refractivity (Wildman–Crippen MR) is 182 cm³/mol. The molecule has 0 unspecified atom stereocenters.